The summed E-state index contributed by atoms with van der Waals surface area (Å²) in [7, 11) is 0. The van der Waals surface area contributed by atoms with E-state index in [0.29, 0.717) is 5.82 Å². The number of H-pyrrole nitrogens is 1. The molecule has 2 aromatic heterocycles. The molecule has 17 heavy (non-hydrogen) atoms. The minimum Gasteiger partial charge on any atom is -0.305 e. The molecule has 82 valence electrons. The fourth-order valence-corrected chi connectivity index (χ4v) is 1.54. The monoisotopic (exact) mass is 225 g/mol. The summed E-state index contributed by atoms with van der Waals surface area (Å²) < 4.78 is 0. The second kappa shape index (κ2) is 3.75. The zero-order chi connectivity index (χ0) is 11.7. The molecule has 0 fully saturated rings. The summed E-state index contributed by atoms with van der Waals surface area (Å²) in [4.78, 5) is 22.5. The van der Waals surface area contributed by atoms with E-state index in [1.165, 1.54) is 6.33 Å². The second-order valence-corrected chi connectivity index (χ2v) is 3.41. The van der Waals surface area contributed by atoms with Crippen LogP contribution in [-0.4, -0.2) is 25.1 Å². The summed E-state index contributed by atoms with van der Waals surface area (Å²) in [5.41, 5.74) is 0.940. The van der Waals surface area contributed by atoms with E-state index in [1.807, 2.05) is 30.3 Å². The highest BCUT2D eigenvalue weighted by atomic mass is 16.1. The van der Waals surface area contributed by atoms with Gasteiger partial charge < -0.3 is 4.98 Å². The summed E-state index contributed by atoms with van der Waals surface area (Å²) in [6.07, 6.45) is 1.22. The molecule has 0 aliphatic heterocycles. The van der Waals surface area contributed by atoms with E-state index in [0.717, 1.165) is 5.56 Å². The van der Waals surface area contributed by atoms with Gasteiger partial charge in [0.2, 0.25) is 5.65 Å². The van der Waals surface area contributed by atoms with Gasteiger partial charge in [0.1, 0.15) is 12.2 Å². The highest BCUT2D eigenvalue weighted by Crippen LogP contribution is 2.13. The molecule has 0 aliphatic rings. The number of hydrogen-bond donors (Lipinski definition) is 1. The Kier molecular flexibility index (Phi) is 2.11. The molecule has 3 rings (SSSR count). The van der Waals surface area contributed by atoms with E-state index >= 15 is 0 Å². The van der Waals surface area contributed by atoms with E-state index in [4.69, 9.17) is 0 Å². The Hall–Kier alpha value is -2.63. The molecule has 0 saturated heterocycles. The SMILES string of the molecule is O=c1[nH]c(-c2ccccc2)nc2nncnc12. The molecule has 0 radical (unpaired) electrons. The molecule has 6 nitrogen and oxygen atoms in total. The lowest BCUT2D eigenvalue weighted by Gasteiger charge is -2.00. The lowest BCUT2D eigenvalue weighted by molar-refractivity contribution is 0.983. The van der Waals surface area contributed by atoms with Crippen molar-refractivity contribution in [1.29, 1.82) is 0 Å². The molecule has 0 aliphatic carbocycles. The van der Waals surface area contributed by atoms with Gasteiger partial charge in [-0.15, -0.1) is 10.2 Å². The molecule has 3 aromatic rings. The first-order valence-corrected chi connectivity index (χ1v) is 4.98. The van der Waals surface area contributed by atoms with Crippen LogP contribution in [-0.2, 0) is 0 Å². The van der Waals surface area contributed by atoms with Crippen LogP contribution >= 0.6 is 0 Å². The number of benzene rings is 1. The third-order valence-electron chi connectivity index (χ3n) is 2.31. The lowest BCUT2D eigenvalue weighted by Crippen LogP contribution is -2.12. The molecule has 0 unspecified atom stereocenters. The van der Waals surface area contributed by atoms with Crippen LogP contribution < -0.4 is 5.56 Å². The smallest absolute Gasteiger partial charge is 0.279 e. The minimum absolute atomic E-state index is 0.194. The molecular formula is C11H7N5O. The molecule has 0 atom stereocenters. The van der Waals surface area contributed by atoms with E-state index in [9.17, 15) is 4.79 Å². The van der Waals surface area contributed by atoms with E-state index in [-0.39, 0.29) is 16.7 Å². The molecule has 1 N–H and O–H groups in total. The maximum atomic E-state index is 11.7. The first kappa shape index (κ1) is 9.59. The predicted molar refractivity (Wildman–Crippen MR) is 61.2 cm³/mol. The molecule has 1 aromatic carbocycles. The van der Waals surface area contributed by atoms with Crippen LogP contribution in [0.2, 0.25) is 0 Å². The van der Waals surface area contributed by atoms with E-state index in [2.05, 4.69) is 25.1 Å². The highest BCUT2D eigenvalue weighted by molar-refractivity contribution is 5.70. The number of nitrogens with zero attached hydrogens (tertiary/aromatic N) is 4. The molecular weight excluding hydrogens is 218 g/mol. The number of rotatable bonds is 1. The molecule has 0 saturated carbocycles. The Labute approximate surface area is 95.4 Å². The van der Waals surface area contributed by atoms with Crippen LogP contribution in [0.4, 0.5) is 0 Å². The number of aromatic nitrogens is 5. The Morgan fingerprint density at radius 3 is 2.76 bits per heavy atom. The second-order valence-electron chi connectivity index (χ2n) is 3.41. The first-order chi connectivity index (χ1) is 8.34. The standard InChI is InChI=1S/C11H7N5O/c17-11-8-10(16-13-6-12-8)14-9(15-11)7-4-2-1-3-5-7/h1-6H,(H,14,15,16,17). The fraction of sp³-hybridized carbons (Fsp3) is 0. The van der Waals surface area contributed by atoms with Crippen molar-refractivity contribution in [2.75, 3.05) is 0 Å². The summed E-state index contributed by atoms with van der Waals surface area (Å²) in [5.74, 6) is 0.463. The van der Waals surface area contributed by atoms with Crippen molar-refractivity contribution in [3.63, 3.8) is 0 Å². The molecule has 6 heteroatoms. The van der Waals surface area contributed by atoms with Crippen molar-refractivity contribution >= 4 is 11.2 Å². The fourth-order valence-electron chi connectivity index (χ4n) is 1.54. The summed E-state index contributed by atoms with van der Waals surface area (Å²) in [5, 5.41) is 7.40. The van der Waals surface area contributed by atoms with Gasteiger partial charge in [0.25, 0.3) is 5.56 Å². The maximum Gasteiger partial charge on any atom is 0.279 e. The van der Waals surface area contributed by atoms with Crippen LogP contribution in [0.25, 0.3) is 22.6 Å². The van der Waals surface area contributed by atoms with Gasteiger partial charge in [0.15, 0.2) is 5.52 Å². The summed E-state index contributed by atoms with van der Waals surface area (Å²) in [6, 6.07) is 9.34. The van der Waals surface area contributed by atoms with Crippen LogP contribution in [0, 0.1) is 0 Å². The normalized spacial score (nSPS) is 10.6. The van der Waals surface area contributed by atoms with Crippen LogP contribution in [0.1, 0.15) is 0 Å². The number of aromatic amines is 1. The van der Waals surface area contributed by atoms with Gasteiger partial charge in [0, 0.05) is 5.56 Å². The lowest BCUT2D eigenvalue weighted by atomic mass is 10.2. The Morgan fingerprint density at radius 1 is 1.12 bits per heavy atom. The van der Waals surface area contributed by atoms with Crippen LogP contribution in [0.3, 0.4) is 0 Å². The van der Waals surface area contributed by atoms with Gasteiger partial charge in [-0.1, -0.05) is 30.3 Å². The van der Waals surface area contributed by atoms with Crippen molar-refractivity contribution in [2.24, 2.45) is 0 Å². The number of nitrogens with one attached hydrogen (secondary N) is 1. The maximum absolute atomic E-state index is 11.7. The number of fused-ring (bicyclic) bond motifs is 1. The Balaban J connectivity index is 2.30. The Morgan fingerprint density at radius 2 is 1.94 bits per heavy atom. The predicted octanol–water partition coefficient (Wildman–Crippen LogP) is 0.775. The van der Waals surface area contributed by atoms with Gasteiger partial charge in [-0.2, -0.15) is 0 Å². The van der Waals surface area contributed by atoms with Crippen molar-refractivity contribution in [3.8, 4) is 11.4 Å². The molecule has 0 bridgehead atoms. The Bertz CT molecular complexity index is 723. The van der Waals surface area contributed by atoms with Gasteiger partial charge in [0.05, 0.1) is 0 Å². The third kappa shape index (κ3) is 1.65. The van der Waals surface area contributed by atoms with Crippen molar-refractivity contribution in [2.45, 2.75) is 0 Å². The van der Waals surface area contributed by atoms with Crippen LogP contribution in [0.5, 0.6) is 0 Å². The number of hydrogen-bond acceptors (Lipinski definition) is 5. The topological polar surface area (TPSA) is 84.4 Å². The van der Waals surface area contributed by atoms with E-state index in [1.54, 1.807) is 0 Å². The molecule has 2 heterocycles. The summed E-state index contributed by atoms with van der Waals surface area (Å²) >= 11 is 0. The average molecular weight is 225 g/mol. The first-order valence-electron chi connectivity index (χ1n) is 4.98. The third-order valence-corrected chi connectivity index (χ3v) is 2.31. The zero-order valence-electron chi connectivity index (χ0n) is 8.66. The molecule has 0 spiro atoms. The van der Waals surface area contributed by atoms with Gasteiger partial charge in [-0.3, -0.25) is 4.79 Å². The van der Waals surface area contributed by atoms with Crippen LogP contribution in [0.15, 0.2) is 41.5 Å². The highest BCUT2D eigenvalue weighted by Gasteiger charge is 2.07. The van der Waals surface area contributed by atoms with E-state index < -0.39 is 0 Å². The van der Waals surface area contributed by atoms with Gasteiger partial charge in [-0.25, -0.2) is 9.97 Å². The van der Waals surface area contributed by atoms with Crippen molar-refractivity contribution in [1.82, 2.24) is 25.1 Å². The van der Waals surface area contributed by atoms with Crippen molar-refractivity contribution in [3.05, 3.63) is 47.0 Å². The molecule has 0 amide bonds. The van der Waals surface area contributed by atoms with Crippen molar-refractivity contribution < 1.29 is 0 Å². The average Bonchev–Trinajstić information content (AvgIpc) is 2.40. The summed E-state index contributed by atoms with van der Waals surface area (Å²) in [6.45, 7) is 0. The largest absolute Gasteiger partial charge is 0.305 e. The van der Waals surface area contributed by atoms with Gasteiger partial charge in [-0.05, 0) is 0 Å². The van der Waals surface area contributed by atoms with Gasteiger partial charge >= 0.3 is 0 Å². The zero-order valence-corrected chi connectivity index (χ0v) is 8.66. The minimum atomic E-state index is -0.316. The quantitative estimate of drug-likeness (QED) is 0.661.